The molecule has 0 heterocycles. The second kappa shape index (κ2) is 7.36. The van der Waals surface area contributed by atoms with Gasteiger partial charge in [0.2, 0.25) is 0 Å². The lowest BCUT2D eigenvalue weighted by molar-refractivity contribution is -0.122. The number of Topliss-reactive ketones (excluding diaryl/α,β-unsaturated/α-hetero) is 1. The minimum absolute atomic E-state index is 0.151. The van der Waals surface area contributed by atoms with Crippen molar-refractivity contribution in [1.29, 1.82) is 0 Å². The van der Waals surface area contributed by atoms with Crippen molar-refractivity contribution < 1.29 is 18.7 Å². The Morgan fingerprint density at radius 3 is 2.55 bits per heavy atom. The summed E-state index contributed by atoms with van der Waals surface area (Å²) in [7, 11) is 0. The molecule has 5 heteroatoms. The lowest BCUT2D eigenvalue weighted by atomic mass is 10.1. The van der Waals surface area contributed by atoms with E-state index in [0.29, 0.717) is 11.3 Å². The molecule has 0 aromatic heterocycles. The Balaban J connectivity index is 1.78. The summed E-state index contributed by atoms with van der Waals surface area (Å²) >= 11 is 0. The maximum Gasteiger partial charge on any atom is 0.258 e. The first-order valence-corrected chi connectivity index (χ1v) is 6.79. The number of carbonyl (C=O) groups is 2. The number of aryl methyl sites for hydroxylation is 1. The predicted octanol–water partition coefficient (Wildman–Crippen LogP) is 2.51. The number of ether oxygens (including phenoxy) is 1. The maximum atomic E-state index is 12.8. The molecule has 0 bridgehead atoms. The molecule has 0 fully saturated rings. The molecule has 4 nitrogen and oxygen atoms in total. The van der Waals surface area contributed by atoms with Crippen LogP contribution in [-0.2, 0) is 4.79 Å². The third-order valence-corrected chi connectivity index (χ3v) is 2.97. The van der Waals surface area contributed by atoms with Gasteiger partial charge in [-0.15, -0.1) is 0 Å². The van der Waals surface area contributed by atoms with E-state index in [-0.39, 0.29) is 18.9 Å². The van der Waals surface area contributed by atoms with Crippen molar-refractivity contribution in [1.82, 2.24) is 5.32 Å². The molecule has 2 aromatic carbocycles. The monoisotopic (exact) mass is 301 g/mol. The zero-order valence-corrected chi connectivity index (χ0v) is 12.1. The van der Waals surface area contributed by atoms with Crippen LogP contribution in [0.1, 0.15) is 15.9 Å². The summed E-state index contributed by atoms with van der Waals surface area (Å²) in [5, 5.41) is 2.47. The van der Waals surface area contributed by atoms with E-state index in [1.165, 1.54) is 24.3 Å². The van der Waals surface area contributed by atoms with E-state index in [1.807, 2.05) is 25.1 Å². The van der Waals surface area contributed by atoms with Crippen LogP contribution in [0.5, 0.6) is 5.75 Å². The summed E-state index contributed by atoms with van der Waals surface area (Å²) in [5.41, 5.74) is 1.38. The van der Waals surface area contributed by atoms with Gasteiger partial charge < -0.3 is 10.1 Å². The van der Waals surface area contributed by atoms with Gasteiger partial charge >= 0.3 is 0 Å². The van der Waals surface area contributed by atoms with Crippen molar-refractivity contribution in [3.8, 4) is 5.75 Å². The van der Waals surface area contributed by atoms with Gasteiger partial charge in [-0.2, -0.15) is 0 Å². The van der Waals surface area contributed by atoms with E-state index in [1.54, 1.807) is 6.07 Å². The fourth-order valence-electron chi connectivity index (χ4n) is 1.82. The van der Waals surface area contributed by atoms with Gasteiger partial charge in [0.05, 0.1) is 6.54 Å². The molecule has 1 amide bonds. The summed E-state index contributed by atoms with van der Waals surface area (Å²) in [6, 6.07) is 12.5. The van der Waals surface area contributed by atoms with Crippen molar-refractivity contribution in [2.75, 3.05) is 13.2 Å². The highest BCUT2D eigenvalue weighted by Gasteiger charge is 2.09. The van der Waals surface area contributed by atoms with Crippen molar-refractivity contribution in [2.45, 2.75) is 6.92 Å². The van der Waals surface area contributed by atoms with Crippen LogP contribution < -0.4 is 10.1 Å². The molecule has 0 aliphatic rings. The molecule has 0 saturated carbocycles. The standard InChI is InChI=1S/C17H16FNO3/c1-12-3-2-4-15(9-12)22-11-17(21)19-10-16(20)13-5-7-14(18)8-6-13/h2-9H,10-11H2,1H3,(H,19,21). The summed E-state index contributed by atoms with van der Waals surface area (Å²) in [6.45, 7) is 1.61. The molecule has 0 atom stereocenters. The van der Waals surface area contributed by atoms with Gasteiger partial charge in [-0.3, -0.25) is 9.59 Å². The Morgan fingerprint density at radius 2 is 1.86 bits per heavy atom. The number of hydrogen-bond acceptors (Lipinski definition) is 3. The van der Waals surface area contributed by atoms with E-state index >= 15 is 0 Å². The molecule has 0 aliphatic carbocycles. The molecular weight excluding hydrogens is 285 g/mol. The number of ketones is 1. The highest BCUT2D eigenvalue weighted by atomic mass is 19.1. The first-order chi connectivity index (χ1) is 10.5. The quantitative estimate of drug-likeness (QED) is 0.834. The van der Waals surface area contributed by atoms with Crippen LogP contribution >= 0.6 is 0 Å². The molecule has 22 heavy (non-hydrogen) atoms. The van der Waals surface area contributed by atoms with E-state index in [4.69, 9.17) is 4.74 Å². The number of benzene rings is 2. The van der Waals surface area contributed by atoms with Gasteiger partial charge in [0, 0.05) is 5.56 Å². The molecule has 0 radical (unpaired) electrons. The number of carbonyl (C=O) groups excluding carboxylic acids is 2. The largest absolute Gasteiger partial charge is 0.484 e. The fourth-order valence-corrected chi connectivity index (χ4v) is 1.82. The van der Waals surface area contributed by atoms with Crippen LogP contribution in [0.2, 0.25) is 0 Å². The Hall–Kier alpha value is -2.69. The molecule has 0 saturated heterocycles. The van der Waals surface area contributed by atoms with Crippen molar-refractivity contribution in [3.05, 3.63) is 65.5 Å². The number of nitrogens with one attached hydrogen (secondary N) is 1. The van der Waals surface area contributed by atoms with E-state index < -0.39 is 11.7 Å². The second-order valence-electron chi connectivity index (χ2n) is 4.81. The average Bonchev–Trinajstić information content (AvgIpc) is 2.51. The summed E-state index contributed by atoms with van der Waals surface area (Å²) in [4.78, 5) is 23.4. The Labute approximate surface area is 127 Å². The summed E-state index contributed by atoms with van der Waals surface area (Å²) in [5.74, 6) is -0.493. The third kappa shape index (κ3) is 4.70. The van der Waals surface area contributed by atoms with E-state index in [0.717, 1.165) is 5.56 Å². The number of rotatable bonds is 6. The van der Waals surface area contributed by atoms with Gasteiger partial charge in [0.15, 0.2) is 12.4 Å². The average molecular weight is 301 g/mol. The van der Waals surface area contributed by atoms with Crippen molar-refractivity contribution in [2.24, 2.45) is 0 Å². The highest BCUT2D eigenvalue weighted by Crippen LogP contribution is 2.11. The number of amides is 1. The van der Waals surface area contributed by atoms with Crippen LogP contribution in [0.3, 0.4) is 0 Å². The number of hydrogen-bond donors (Lipinski definition) is 1. The maximum absolute atomic E-state index is 12.8. The van der Waals surface area contributed by atoms with Crippen molar-refractivity contribution in [3.63, 3.8) is 0 Å². The van der Waals surface area contributed by atoms with Gasteiger partial charge in [0.1, 0.15) is 11.6 Å². The molecule has 2 rings (SSSR count). The van der Waals surface area contributed by atoms with E-state index in [2.05, 4.69) is 5.32 Å². The third-order valence-electron chi connectivity index (χ3n) is 2.97. The Bertz CT molecular complexity index is 668. The molecule has 2 aromatic rings. The molecule has 114 valence electrons. The SMILES string of the molecule is Cc1cccc(OCC(=O)NCC(=O)c2ccc(F)cc2)c1. The lowest BCUT2D eigenvalue weighted by Crippen LogP contribution is -2.33. The summed E-state index contributed by atoms with van der Waals surface area (Å²) < 4.78 is 18.1. The van der Waals surface area contributed by atoms with Gasteiger partial charge in [0.25, 0.3) is 5.91 Å². The minimum atomic E-state index is -0.410. The van der Waals surface area contributed by atoms with Gasteiger partial charge in [-0.05, 0) is 48.9 Å². The molecular formula is C17H16FNO3. The smallest absolute Gasteiger partial charge is 0.258 e. The Kier molecular flexibility index (Phi) is 5.25. The van der Waals surface area contributed by atoms with Crippen LogP contribution in [-0.4, -0.2) is 24.8 Å². The van der Waals surface area contributed by atoms with Crippen LogP contribution in [0, 0.1) is 12.7 Å². The van der Waals surface area contributed by atoms with Crippen LogP contribution in [0.25, 0.3) is 0 Å². The first kappa shape index (κ1) is 15.7. The molecule has 0 spiro atoms. The predicted molar refractivity (Wildman–Crippen MR) is 80.4 cm³/mol. The minimum Gasteiger partial charge on any atom is -0.484 e. The molecule has 0 aliphatic heterocycles. The number of halogens is 1. The highest BCUT2D eigenvalue weighted by molar-refractivity contribution is 5.99. The van der Waals surface area contributed by atoms with E-state index in [9.17, 15) is 14.0 Å². The fraction of sp³-hybridized carbons (Fsp3) is 0.176. The summed E-state index contributed by atoms with van der Waals surface area (Å²) in [6.07, 6.45) is 0. The zero-order chi connectivity index (χ0) is 15.9. The first-order valence-electron chi connectivity index (χ1n) is 6.79. The topological polar surface area (TPSA) is 55.4 Å². The zero-order valence-electron chi connectivity index (χ0n) is 12.1. The van der Waals surface area contributed by atoms with Crippen LogP contribution in [0.4, 0.5) is 4.39 Å². The second-order valence-corrected chi connectivity index (χ2v) is 4.81. The normalized spacial score (nSPS) is 10.1. The van der Waals surface area contributed by atoms with Gasteiger partial charge in [-0.1, -0.05) is 12.1 Å². The Morgan fingerprint density at radius 1 is 1.14 bits per heavy atom. The van der Waals surface area contributed by atoms with Gasteiger partial charge in [-0.25, -0.2) is 4.39 Å². The molecule has 0 unspecified atom stereocenters. The van der Waals surface area contributed by atoms with Crippen LogP contribution in [0.15, 0.2) is 48.5 Å². The van der Waals surface area contributed by atoms with Crippen molar-refractivity contribution >= 4 is 11.7 Å². The molecule has 1 N–H and O–H groups in total. The lowest BCUT2D eigenvalue weighted by Gasteiger charge is -2.07.